The average Bonchev–Trinajstić information content (AvgIpc) is 2.73. The van der Waals surface area contributed by atoms with Gasteiger partial charge in [0.05, 0.1) is 26.9 Å². The first kappa shape index (κ1) is 21.0. The number of carbonyl (C=O) groups excluding carboxylic acids is 1. The standard InChI is InChI=1S/C18H28N4O5S/c1-26-17-4-2-16(3-5-17)14-19-18(23)15-20-6-8-21(9-7-20)28(24,25)22-10-12-27-13-11-22/h2-5H,6-15H2,1H3,(H,19,23). The summed E-state index contributed by atoms with van der Waals surface area (Å²) >= 11 is 0. The molecule has 2 saturated heterocycles. The summed E-state index contributed by atoms with van der Waals surface area (Å²) in [6, 6.07) is 7.54. The van der Waals surface area contributed by atoms with Gasteiger partial charge in [0.2, 0.25) is 5.91 Å². The number of nitrogens with one attached hydrogen (secondary N) is 1. The zero-order valence-electron chi connectivity index (χ0n) is 16.2. The highest BCUT2D eigenvalue weighted by Gasteiger charge is 2.33. The molecule has 10 heteroatoms. The van der Waals surface area contributed by atoms with Crippen molar-refractivity contribution in [3.8, 4) is 5.75 Å². The van der Waals surface area contributed by atoms with E-state index in [-0.39, 0.29) is 12.5 Å². The SMILES string of the molecule is COc1ccc(CNC(=O)CN2CCN(S(=O)(=O)N3CCOCC3)CC2)cc1. The van der Waals surface area contributed by atoms with Crippen LogP contribution < -0.4 is 10.1 Å². The van der Waals surface area contributed by atoms with Crippen molar-refractivity contribution in [2.24, 2.45) is 0 Å². The van der Waals surface area contributed by atoms with Gasteiger partial charge in [0, 0.05) is 45.8 Å². The van der Waals surface area contributed by atoms with Crippen LogP contribution in [0.4, 0.5) is 0 Å². The van der Waals surface area contributed by atoms with Gasteiger partial charge in [0.25, 0.3) is 10.2 Å². The zero-order valence-corrected chi connectivity index (χ0v) is 17.0. The number of amides is 1. The quantitative estimate of drug-likeness (QED) is 0.650. The number of nitrogens with zero attached hydrogens (tertiary/aromatic N) is 3. The van der Waals surface area contributed by atoms with Gasteiger partial charge in [-0.25, -0.2) is 0 Å². The molecular weight excluding hydrogens is 384 g/mol. The highest BCUT2D eigenvalue weighted by atomic mass is 32.2. The van der Waals surface area contributed by atoms with Crippen molar-refractivity contribution in [3.05, 3.63) is 29.8 Å². The molecule has 2 heterocycles. The van der Waals surface area contributed by atoms with E-state index in [4.69, 9.17) is 9.47 Å². The summed E-state index contributed by atoms with van der Waals surface area (Å²) in [5.74, 6) is 0.709. The first-order chi connectivity index (χ1) is 13.5. The Kier molecular flexibility index (Phi) is 7.24. The highest BCUT2D eigenvalue weighted by molar-refractivity contribution is 7.86. The molecule has 9 nitrogen and oxygen atoms in total. The molecule has 0 aliphatic carbocycles. The fourth-order valence-electron chi connectivity index (χ4n) is 3.26. The van der Waals surface area contributed by atoms with E-state index in [1.807, 2.05) is 29.2 Å². The second kappa shape index (κ2) is 9.66. The van der Waals surface area contributed by atoms with E-state index in [1.165, 1.54) is 8.61 Å². The molecule has 3 rings (SSSR count). The zero-order chi connectivity index (χ0) is 20.0. The average molecular weight is 413 g/mol. The van der Waals surface area contributed by atoms with Gasteiger partial charge in [-0.1, -0.05) is 12.1 Å². The van der Waals surface area contributed by atoms with Crippen molar-refractivity contribution < 1.29 is 22.7 Å². The molecule has 2 fully saturated rings. The molecule has 1 aromatic rings. The summed E-state index contributed by atoms with van der Waals surface area (Å²) in [6.07, 6.45) is 0. The third-order valence-corrected chi connectivity index (χ3v) is 7.01. The molecule has 2 aliphatic heterocycles. The largest absolute Gasteiger partial charge is 0.497 e. The van der Waals surface area contributed by atoms with Crippen LogP contribution in [0.15, 0.2) is 24.3 Å². The molecule has 0 bridgehead atoms. The van der Waals surface area contributed by atoms with E-state index in [9.17, 15) is 13.2 Å². The van der Waals surface area contributed by atoms with Gasteiger partial charge in [0.15, 0.2) is 0 Å². The molecule has 0 unspecified atom stereocenters. The van der Waals surface area contributed by atoms with Crippen molar-refractivity contribution in [3.63, 3.8) is 0 Å². The Morgan fingerprint density at radius 1 is 1.04 bits per heavy atom. The predicted octanol–water partition coefficient (Wildman–Crippen LogP) is -0.494. The fraction of sp³-hybridized carbons (Fsp3) is 0.611. The first-order valence-corrected chi connectivity index (χ1v) is 10.8. The minimum atomic E-state index is -3.44. The second-order valence-corrected chi connectivity index (χ2v) is 8.75. The molecule has 0 atom stereocenters. The third-order valence-electron chi connectivity index (χ3n) is 4.97. The van der Waals surface area contributed by atoms with Gasteiger partial charge in [-0.05, 0) is 17.7 Å². The molecule has 2 aliphatic rings. The Labute approximate surface area is 166 Å². The number of morpholine rings is 1. The summed E-state index contributed by atoms with van der Waals surface area (Å²) in [5, 5.41) is 2.90. The van der Waals surface area contributed by atoms with Crippen LogP contribution in [-0.2, 0) is 26.3 Å². The Morgan fingerprint density at radius 3 is 2.25 bits per heavy atom. The van der Waals surface area contributed by atoms with E-state index in [1.54, 1.807) is 7.11 Å². The van der Waals surface area contributed by atoms with E-state index in [0.717, 1.165) is 11.3 Å². The van der Waals surface area contributed by atoms with Crippen LogP contribution in [0.2, 0.25) is 0 Å². The normalized spacial score (nSPS) is 20.0. The highest BCUT2D eigenvalue weighted by Crippen LogP contribution is 2.14. The number of rotatable bonds is 7. The number of benzene rings is 1. The molecule has 156 valence electrons. The molecule has 1 N–H and O–H groups in total. The lowest BCUT2D eigenvalue weighted by molar-refractivity contribution is -0.122. The maximum absolute atomic E-state index is 12.7. The van der Waals surface area contributed by atoms with Crippen LogP contribution in [0.1, 0.15) is 5.56 Å². The Bertz CT molecular complexity index is 742. The van der Waals surface area contributed by atoms with E-state index in [0.29, 0.717) is 59.0 Å². The minimum Gasteiger partial charge on any atom is -0.497 e. The number of methoxy groups -OCH3 is 1. The maximum Gasteiger partial charge on any atom is 0.282 e. The van der Waals surface area contributed by atoms with Crippen LogP contribution in [-0.4, -0.2) is 94.0 Å². The van der Waals surface area contributed by atoms with Crippen molar-refractivity contribution in [2.45, 2.75) is 6.54 Å². The van der Waals surface area contributed by atoms with E-state index >= 15 is 0 Å². The van der Waals surface area contributed by atoms with E-state index in [2.05, 4.69) is 5.32 Å². The first-order valence-electron chi connectivity index (χ1n) is 9.44. The molecule has 1 amide bonds. The molecule has 28 heavy (non-hydrogen) atoms. The van der Waals surface area contributed by atoms with Crippen molar-refractivity contribution in [1.82, 2.24) is 18.8 Å². The molecule has 0 radical (unpaired) electrons. The summed E-state index contributed by atoms with van der Waals surface area (Å²) in [4.78, 5) is 14.2. The monoisotopic (exact) mass is 412 g/mol. The van der Waals surface area contributed by atoms with Crippen LogP contribution in [0.25, 0.3) is 0 Å². The number of hydrogen-bond acceptors (Lipinski definition) is 6. The summed E-state index contributed by atoms with van der Waals surface area (Å²) in [6.45, 7) is 4.26. The van der Waals surface area contributed by atoms with Crippen molar-refractivity contribution in [1.29, 1.82) is 0 Å². The van der Waals surface area contributed by atoms with Gasteiger partial charge in [-0.3, -0.25) is 9.69 Å². The third kappa shape index (κ3) is 5.42. The van der Waals surface area contributed by atoms with Crippen molar-refractivity contribution in [2.75, 3.05) is 66.1 Å². The van der Waals surface area contributed by atoms with Crippen LogP contribution in [0.5, 0.6) is 5.75 Å². The number of hydrogen-bond donors (Lipinski definition) is 1. The fourth-order valence-corrected chi connectivity index (χ4v) is 4.82. The van der Waals surface area contributed by atoms with Gasteiger partial charge in [-0.2, -0.15) is 17.0 Å². The lowest BCUT2D eigenvalue weighted by Gasteiger charge is -2.37. The van der Waals surface area contributed by atoms with Crippen LogP contribution in [0, 0.1) is 0 Å². The van der Waals surface area contributed by atoms with Crippen LogP contribution in [0.3, 0.4) is 0 Å². The number of ether oxygens (including phenoxy) is 2. The predicted molar refractivity (Wildman–Crippen MR) is 104 cm³/mol. The lowest BCUT2D eigenvalue weighted by atomic mass is 10.2. The minimum absolute atomic E-state index is 0.0692. The van der Waals surface area contributed by atoms with Crippen molar-refractivity contribution >= 4 is 16.1 Å². The Balaban J connectivity index is 1.41. The van der Waals surface area contributed by atoms with Gasteiger partial charge in [-0.15, -0.1) is 0 Å². The summed E-state index contributed by atoms with van der Waals surface area (Å²) < 4.78 is 38.7. The number of piperazine rings is 1. The number of carbonyl (C=O) groups is 1. The van der Waals surface area contributed by atoms with Gasteiger partial charge in [0.1, 0.15) is 5.75 Å². The lowest BCUT2D eigenvalue weighted by Crippen LogP contribution is -2.55. The molecular formula is C18H28N4O5S. The van der Waals surface area contributed by atoms with Crippen LogP contribution >= 0.6 is 0 Å². The smallest absolute Gasteiger partial charge is 0.282 e. The van der Waals surface area contributed by atoms with Gasteiger partial charge >= 0.3 is 0 Å². The molecule has 0 saturated carbocycles. The Hall–Kier alpha value is -1.72. The Morgan fingerprint density at radius 2 is 1.64 bits per heavy atom. The molecule has 0 aromatic heterocycles. The van der Waals surface area contributed by atoms with Gasteiger partial charge < -0.3 is 14.8 Å². The van der Waals surface area contributed by atoms with E-state index < -0.39 is 10.2 Å². The topological polar surface area (TPSA) is 91.4 Å². The maximum atomic E-state index is 12.7. The molecule has 1 aromatic carbocycles. The summed E-state index contributed by atoms with van der Waals surface area (Å²) in [7, 11) is -1.83. The summed E-state index contributed by atoms with van der Waals surface area (Å²) in [5.41, 5.74) is 0.996. The molecule has 0 spiro atoms. The second-order valence-electron chi connectivity index (χ2n) is 6.82.